The Bertz CT molecular complexity index is 1090. The molecular weight excluding hydrogens is 452 g/mol. The molecule has 3 rings (SSSR count). The molecule has 2 heterocycles. The predicted octanol–water partition coefficient (Wildman–Crippen LogP) is 0.750. The van der Waals surface area contributed by atoms with E-state index in [1.807, 2.05) is 0 Å². The number of carbonyl (C=O) groups excluding carboxylic acids is 3. The third kappa shape index (κ3) is 5.94. The zero-order chi connectivity index (χ0) is 24.0. The first-order chi connectivity index (χ1) is 15.7. The number of nitro benzene ring substituents is 1. The van der Waals surface area contributed by atoms with E-state index in [-0.39, 0.29) is 73.7 Å². The molecule has 2 aliphatic rings. The van der Waals surface area contributed by atoms with Gasteiger partial charge in [0.25, 0.3) is 5.69 Å². The molecular formula is C21H24N4O7S. The van der Waals surface area contributed by atoms with E-state index in [2.05, 4.69) is 11.8 Å². The molecule has 176 valence electrons. The summed E-state index contributed by atoms with van der Waals surface area (Å²) in [6.07, 6.45) is 1.33. The predicted molar refractivity (Wildman–Crippen MR) is 116 cm³/mol. The minimum Gasteiger partial charge on any atom is -0.332 e. The molecule has 0 aromatic heterocycles. The second kappa shape index (κ2) is 10.5. The molecule has 0 aliphatic carbocycles. The lowest BCUT2D eigenvalue weighted by Gasteiger charge is -2.23. The molecule has 3 amide bonds. The first kappa shape index (κ1) is 24.3. The van der Waals surface area contributed by atoms with Crippen LogP contribution in [0.5, 0.6) is 0 Å². The van der Waals surface area contributed by atoms with Gasteiger partial charge in [-0.1, -0.05) is 11.8 Å². The summed E-state index contributed by atoms with van der Waals surface area (Å²) in [6.45, 7) is 0.756. The summed E-state index contributed by atoms with van der Waals surface area (Å²) in [5.74, 6) is 5.00. The van der Waals surface area contributed by atoms with Crippen LogP contribution in [-0.2, 0) is 24.4 Å². The number of hydrogen-bond donors (Lipinski definition) is 0. The molecule has 12 heteroatoms. The quantitative estimate of drug-likeness (QED) is 0.245. The number of amides is 3. The van der Waals surface area contributed by atoms with Gasteiger partial charge in [-0.3, -0.25) is 29.4 Å². The summed E-state index contributed by atoms with van der Waals surface area (Å²) < 4.78 is 27.1. The van der Waals surface area contributed by atoms with E-state index in [1.165, 1.54) is 21.3 Å². The van der Waals surface area contributed by atoms with E-state index in [1.54, 1.807) is 4.90 Å². The molecule has 11 nitrogen and oxygen atoms in total. The zero-order valence-electron chi connectivity index (χ0n) is 17.9. The van der Waals surface area contributed by atoms with Crippen molar-refractivity contribution >= 4 is 33.4 Å². The van der Waals surface area contributed by atoms with Crippen LogP contribution in [0.15, 0.2) is 29.2 Å². The van der Waals surface area contributed by atoms with Crippen LogP contribution < -0.4 is 0 Å². The summed E-state index contributed by atoms with van der Waals surface area (Å²) >= 11 is 0. The van der Waals surface area contributed by atoms with E-state index in [9.17, 15) is 32.9 Å². The summed E-state index contributed by atoms with van der Waals surface area (Å²) in [5, 5.41) is 10.8. The van der Waals surface area contributed by atoms with Crippen LogP contribution in [0.4, 0.5) is 5.69 Å². The Kier molecular flexibility index (Phi) is 7.78. The fourth-order valence-corrected chi connectivity index (χ4v) is 5.00. The third-order valence-corrected chi connectivity index (χ3v) is 7.31. The molecule has 1 aromatic carbocycles. The number of sulfonamides is 1. The molecule has 1 aromatic rings. The maximum Gasteiger partial charge on any atom is 0.269 e. The van der Waals surface area contributed by atoms with Gasteiger partial charge in [0, 0.05) is 51.0 Å². The Labute approximate surface area is 191 Å². The van der Waals surface area contributed by atoms with Gasteiger partial charge in [0.2, 0.25) is 27.7 Å². The van der Waals surface area contributed by atoms with Crippen molar-refractivity contribution in [1.82, 2.24) is 14.1 Å². The van der Waals surface area contributed by atoms with Gasteiger partial charge in [0.05, 0.1) is 22.9 Å². The van der Waals surface area contributed by atoms with Crippen molar-refractivity contribution in [2.75, 3.05) is 32.7 Å². The summed E-state index contributed by atoms with van der Waals surface area (Å²) in [6, 6.07) is 4.66. The average Bonchev–Trinajstić information content (AvgIpc) is 3.17. The minimum atomic E-state index is -3.90. The summed E-state index contributed by atoms with van der Waals surface area (Å²) in [7, 11) is -3.90. The van der Waals surface area contributed by atoms with E-state index in [0.29, 0.717) is 19.4 Å². The minimum absolute atomic E-state index is 0.0550. The van der Waals surface area contributed by atoms with Crippen LogP contribution in [0.3, 0.4) is 0 Å². The molecule has 0 spiro atoms. The van der Waals surface area contributed by atoms with Crippen LogP contribution >= 0.6 is 0 Å². The number of benzene rings is 1. The molecule has 1 fully saturated rings. The summed E-state index contributed by atoms with van der Waals surface area (Å²) in [4.78, 5) is 48.7. The van der Waals surface area contributed by atoms with Crippen molar-refractivity contribution in [2.45, 2.75) is 37.0 Å². The van der Waals surface area contributed by atoms with Crippen molar-refractivity contribution in [3.8, 4) is 11.8 Å². The van der Waals surface area contributed by atoms with Gasteiger partial charge in [-0.15, -0.1) is 0 Å². The first-order valence-corrected chi connectivity index (χ1v) is 12.0. The fourth-order valence-electron chi connectivity index (χ4n) is 3.62. The van der Waals surface area contributed by atoms with Gasteiger partial charge in [-0.25, -0.2) is 8.42 Å². The number of hydrogen-bond acceptors (Lipinski definition) is 7. The van der Waals surface area contributed by atoms with Gasteiger partial charge in [0.15, 0.2) is 0 Å². The largest absolute Gasteiger partial charge is 0.332 e. The topological polar surface area (TPSA) is 138 Å². The molecule has 0 bridgehead atoms. The monoisotopic (exact) mass is 476 g/mol. The van der Waals surface area contributed by atoms with E-state index in [0.717, 1.165) is 12.1 Å². The molecule has 0 radical (unpaired) electrons. The average molecular weight is 477 g/mol. The Balaban J connectivity index is 1.56. The SMILES string of the molecule is O=C(CCCN1C(=O)CCC1=O)N1CC#CCN(S(=O)(=O)c2ccc([N+](=O)[O-])cc2)CCC1. The molecule has 0 saturated carbocycles. The Morgan fingerprint density at radius 2 is 1.67 bits per heavy atom. The van der Waals surface area contributed by atoms with Crippen LogP contribution in [0.2, 0.25) is 0 Å². The highest BCUT2D eigenvalue weighted by Gasteiger charge is 2.29. The lowest BCUT2D eigenvalue weighted by atomic mass is 10.2. The maximum atomic E-state index is 12.9. The Hall–Kier alpha value is -3.30. The van der Waals surface area contributed by atoms with E-state index < -0.39 is 14.9 Å². The van der Waals surface area contributed by atoms with Crippen LogP contribution in [-0.4, -0.2) is 77.9 Å². The number of rotatable bonds is 7. The number of non-ortho nitro benzene ring substituents is 1. The molecule has 0 N–H and O–H groups in total. The second-order valence-corrected chi connectivity index (χ2v) is 9.59. The molecule has 0 atom stereocenters. The third-order valence-electron chi connectivity index (χ3n) is 5.45. The smallest absolute Gasteiger partial charge is 0.269 e. The van der Waals surface area contributed by atoms with E-state index >= 15 is 0 Å². The fraction of sp³-hybridized carbons (Fsp3) is 0.476. The van der Waals surface area contributed by atoms with Gasteiger partial charge >= 0.3 is 0 Å². The van der Waals surface area contributed by atoms with Crippen LogP contribution in [0.1, 0.15) is 32.1 Å². The highest BCUT2D eigenvalue weighted by Crippen LogP contribution is 2.20. The normalized spacial score (nSPS) is 17.7. The van der Waals surface area contributed by atoms with Crippen molar-refractivity contribution in [3.63, 3.8) is 0 Å². The molecule has 2 aliphatic heterocycles. The van der Waals surface area contributed by atoms with Gasteiger partial charge in [-0.2, -0.15) is 4.31 Å². The number of nitrogens with zero attached hydrogens (tertiary/aromatic N) is 4. The molecule has 0 unspecified atom stereocenters. The van der Waals surface area contributed by atoms with Crippen molar-refractivity contribution in [3.05, 3.63) is 34.4 Å². The first-order valence-electron chi connectivity index (χ1n) is 10.5. The van der Waals surface area contributed by atoms with Crippen molar-refractivity contribution in [2.24, 2.45) is 0 Å². The van der Waals surface area contributed by atoms with Crippen LogP contribution in [0, 0.1) is 22.0 Å². The van der Waals surface area contributed by atoms with Gasteiger partial charge in [-0.05, 0) is 25.0 Å². The van der Waals surface area contributed by atoms with Gasteiger partial charge < -0.3 is 4.90 Å². The lowest BCUT2D eigenvalue weighted by molar-refractivity contribution is -0.384. The number of nitro groups is 1. The Morgan fingerprint density at radius 1 is 1.03 bits per heavy atom. The lowest BCUT2D eigenvalue weighted by Crippen LogP contribution is -2.36. The number of carbonyl (C=O) groups is 3. The second-order valence-electron chi connectivity index (χ2n) is 7.65. The maximum absolute atomic E-state index is 12.9. The van der Waals surface area contributed by atoms with Gasteiger partial charge in [0.1, 0.15) is 0 Å². The number of likely N-dealkylation sites (tertiary alicyclic amines) is 1. The van der Waals surface area contributed by atoms with Crippen LogP contribution in [0.25, 0.3) is 0 Å². The van der Waals surface area contributed by atoms with E-state index in [4.69, 9.17) is 0 Å². The highest BCUT2D eigenvalue weighted by atomic mass is 32.2. The van der Waals surface area contributed by atoms with Crippen molar-refractivity contribution < 1.29 is 27.7 Å². The summed E-state index contributed by atoms with van der Waals surface area (Å²) in [5.41, 5.74) is -0.203. The number of imide groups is 1. The Morgan fingerprint density at radius 3 is 2.30 bits per heavy atom. The van der Waals surface area contributed by atoms with Crippen molar-refractivity contribution in [1.29, 1.82) is 0 Å². The molecule has 33 heavy (non-hydrogen) atoms. The standard InChI is InChI=1S/C21H24N4O7S/c26-19(5-3-16-24-20(27)10-11-21(24)28)22-12-1-2-14-23(15-4-13-22)33(31,32)18-8-6-17(7-9-18)25(29)30/h6-9H,3-5,10-16H2. The highest BCUT2D eigenvalue weighted by molar-refractivity contribution is 7.89. The molecule has 1 saturated heterocycles. The zero-order valence-corrected chi connectivity index (χ0v) is 18.8.